The van der Waals surface area contributed by atoms with Gasteiger partial charge in [-0.1, -0.05) is 27.4 Å². The standard InChI is InChI=1S/C13H21NO/c1-5-11(15)14-13-8-10(12(13,3)4)7-6-9(13)2/h5,9-10H,1,6-8H2,2-4H3,(H,14,15). The Morgan fingerprint density at radius 1 is 1.47 bits per heavy atom. The van der Waals surface area contributed by atoms with Crippen molar-refractivity contribution in [3.05, 3.63) is 12.7 Å². The maximum Gasteiger partial charge on any atom is 0.243 e. The van der Waals surface area contributed by atoms with Gasteiger partial charge in [-0.25, -0.2) is 0 Å². The van der Waals surface area contributed by atoms with E-state index in [4.69, 9.17) is 0 Å². The lowest BCUT2D eigenvalue weighted by Crippen LogP contribution is -2.74. The van der Waals surface area contributed by atoms with Gasteiger partial charge in [-0.15, -0.1) is 0 Å². The number of carbonyl (C=O) groups excluding carboxylic acids is 1. The third kappa shape index (κ3) is 1.20. The van der Waals surface area contributed by atoms with Crippen LogP contribution in [0.4, 0.5) is 0 Å². The first-order chi connectivity index (χ1) is 6.94. The van der Waals surface area contributed by atoms with E-state index in [0.29, 0.717) is 5.92 Å². The zero-order chi connectivity index (χ0) is 11.3. The van der Waals surface area contributed by atoms with E-state index in [9.17, 15) is 4.79 Å². The van der Waals surface area contributed by atoms with Gasteiger partial charge in [0.1, 0.15) is 0 Å². The van der Waals surface area contributed by atoms with Crippen LogP contribution in [-0.4, -0.2) is 11.4 Å². The smallest absolute Gasteiger partial charge is 0.243 e. The van der Waals surface area contributed by atoms with Crippen molar-refractivity contribution in [2.75, 3.05) is 0 Å². The number of fused-ring (bicyclic) bond motifs is 2. The van der Waals surface area contributed by atoms with Crippen LogP contribution in [-0.2, 0) is 4.79 Å². The van der Waals surface area contributed by atoms with Crippen molar-refractivity contribution >= 4 is 5.91 Å². The topological polar surface area (TPSA) is 29.1 Å². The maximum atomic E-state index is 11.5. The predicted molar refractivity (Wildman–Crippen MR) is 61.4 cm³/mol. The molecule has 0 saturated heterocycles. The van der Waals surface area contributed by atoms with Gasteiger partial charge in [0.05, 0.1) is 0 Å². The van der Waals surface area contributed by atoms with Crippen LogP contribution >= 0.6 is 0 Å². The molecule has 2 bridgehead atoms. The highest BCUT2D eigenvalue weighted by Crippen LogP contribution is 2.63. The number of carbonyl (C=O) groups is 1. The Labute approximate surface area is 92.1 Å². The van der Waals surface area contributed by atoms with Gasteiger partial charge in [0.15, 0.2) is 0 Å². The van der Waals surface area contributed by atoms with E-state index in [0.717, 1.165) is 12.3 Å². The van der Waals surface area contributed by atoms with Crippen LogP contribution < -0.4 is 5.32 Å². The molecule has 84 valence electrons. The lowest BCUT2D eigenvalue weighted by atomic mass is 9.41. The minimum atomic E-state index is -0.0183. The zero-order valence-corrected chi connectivity index (χ0v) is 9.97. The van der Waals surface area contributed by atoms with E-state index in [1.165, 1.54) is 18.9 Å². The molecular formula is C13H21NO. The number of hydrogen-bond acceptors (Lipinski definition) is 1. The average Bonchev–Trinajstić information content (AvgIpc) is 2.20. The molecule has 3 aliphatic carbocycles. The number of nitrogens with one attached hydrogen (secondary N) is 1. The molecule has 1 N–H and O–H groups in total. The highest BCUT2D eigenvalue weighted by molar-refractivity contribution is 5.87. The quantitative estimate of drug-likeness (QED) is 0.693. The van der Waals surface area contributed by atoms with Gasteiger partial charge >= 0.3 is 0 Å². The fourth-order valence-corrected chi connectivity index (χ4v) is 3.74. The van der Waals surface area contributed by atoms with Crippen molar-refractivity contribution in [2.45, 2.75) is 45.6 Å². The van der Waals surface area contributed by atoms with E-state index < -0.39 is 0 Å². The first-order valence-electron chi connectivity index (χ1n) is 5.88. The molecule has 2 nitrogen and oxygen atoms in total. The van der Waals surface area contributed by atoms with Gasteiger partial charge in [-0.05, 0) is 42.6 Å². The predicted octanol–water partition coefficient (Wildman–Crippen LogP) is 2.50. The van der Waals surface area contributed by atoms with Crippen molar-refractivity contribution in [1.82, 2.24) is 5.32 Å². The summed E-state index contributed by atoms with van der Waals surface area (Å²) in [6.45, 7) is 10.4. The normalized spacial score (nSPS) is 41.5. The Hall–Kier alpha value is -0.790. The molecule has 15 heavy (non-hydrogen) atoms. The van der Waals surface area contributed by atoms with Crippen molar-refractivity contribution in [1.29, 1.82) is 0 Å². The summed E-state index contributed by atoms with van der Waals surface area (Å²) in [6, 6.07) is 0. The van der Waals surface area contributed by atoms with Gasteiger partial charge in [0.2, 0.25) is 5.91 Å². The molecule has 3 fully saturated rings. The molecule has 2 heteroatoms. The van der Waals surface area contributed by atoms with Crippen LogP contribution in [0.3, 0.4) is 0 Å². The SMILES string of the molecule is C=CC(=O)NC12CC(CCC1C)C2(C)C. The lowest BCUT2D eigenvalue weighted by Gasteiger charge is -2.68. The molecule has 1 amide bonds. The van der Waals surface area contributed by atoms with Gasteiger partial charge in [0.25, 0.3) is 0 Å². The van der Waals surface area contributed by atoms with Crippen LogP contribution in [0, 0.1) is 17.3 Å². The molecule has 0 heterocycles. The average molecular weight is 207 g/mol. The summed E-state index contributed by atoms with van der Waals surface area (Å²) in [4.78, 5) is 11.5. The lowest BCUT2D eigenvalue weighted by molar-refractivity contribution is -0.158. The van der Waals surface area contributed by atoms with E-state index in [2.05, 4.69) is 32.7 Å². The Kier molecular flexibility index (Phi) is 2.21. The summed E-state index contributed by atoms with van der Waals surface area (Å²) in [5.74, 6) is 1.36. The van der Waals surface area contributed by atoms with Crippen molar-refractivity contribution in [2.24, 2.45) is 17.3 Å². The van der Waals surface area contributed by atoms with Crippen molar-refractivity contribution in [3.8, 4) is 0 Å². The first-order valence-corrected chi connectivity index (χ1v) is 5.88. The number of amides is 1. The Balaban J connectivity index is 2.24. The Morgan fingerprint density at radius 2 is 2.13 bits per heavy atom. The van der Waals surface area contributed by atoms with Gasteiger partial charge in [-0.3, -0.25) is 4.79 Å². The van der Waals surface area contributed by atoms with Gasteiger partial charge < -0.3 is 5.32 Å². The fourth-order valence-electron chi connectivity index (χ4n) is 3.74. The number of rotatable bonds is 2. The van der Waals surface area contributed by atoms with E-state index in [-0.39, 0.29) is 16.9 Å². The minimum Gasteiger partial charge on any atom is -0.346 e. The Morgan fingerprint density at radius 3 is 2.60 bits per heavy atom. The number of hydrogen-bond donors (Lipinski definition) is 1. The molecule has 0 spiro atoms. The third-order valence-corrected chi connectivity index (χ3v) is 5.06. The highest BCUT2D eigenvalue weighted by Gasteiger charge is 2.64. The van der Waals surface area contributed by atoms with Crippen LogP contribution in [0.25, 0.3) is 0 Å². The van der Waals surface area contributed by atoms with E-state index >= 15 is 0 Å². The summed E-state index contributed by atoms with van der Waals surface area (Å²) < 4.78 is 0. The summed E-state index contributed by atoms with van der Waals surface area (Å²) in [5, 5.41) is 3.19. The van der Waals surface area contributed by atoms with Crippen molar-refractivity contribution < 1.29 is 4.79 Å². The van der Waals surface area contributed by atoms with Crippen molar-refractivity contribution in [3.63, 3.8) is 0 Å². The van der Waals surface area contributed by atoms with Gasteiger partial charge in [0, 0.05) is 5.54 Å². The molecular weight excluding hydrogens is 186 g/mol. The fraction of sp³-hybridized carbons (Fsp3) is 0.769. The summed E-state index contributed by atoms with van der Waals surface area (Å²) in [5.41, 5.74) is 0.282. The van der Waals surface area contributed by atoms with Gasteiger partial charge in [-0.2, -0.15) is 0 Å². The van der Waals surface area contributed by atoms with E-state index in [1.807, 2.05) is 0 Å². The second kappa shape index (κ2) is 3.10. The molecule has 3 saturated carbocycles. The first kappa shape index (κ1) is 10.7. The van der Waals surface area contributed by atoms with Crippen LogP contribution in [0.5, 0.6) is 0 Å². The molecule has 0 aromatic carbocycles. The molecule has 3 aliphatic rings. The molecule has 0 aromatic heterocycles. The second-order valence-electron chi connectivity index (χ2n) is 5.77. The summed E-state index contributed by atoms with van der Waals surface area (Å²) in [7, 11) is 0. The largest absolute Gasteiger partial charge is 0.346 e. The van der Waals surface area contributed by atoms with Crippen LogP contribution in [0.15, 0.2) is 12.7 Å². The van der Waals surface area contributed by atoms with Crippen LogP contribution in [0.1, 0.15) is 40.0 Å². The zero-order valence-electron chi connectivity index (χ0n) is 9.97. The molecule has 0 radical (unpaired) electrons. The molecule has 3 rings (SSSR count). The minimum absolute atomic E-state index is 0.0183. The molecule has 3 unspecified atom stereocenters. The summed E-state index contributed by atoms with van der Waals surface area (Å²) in [6.07, 6.45) is 5.10. The maximum absolute atomic E-state index is 11.5. The monoisotopic (exact) mass is 207 g/mol. The third-order valence-electron chi connectivity index (χ3n) is 5.06. The Bertz CT molecular complexity index is 308. The second-order valence-corrected chi connectivity index (χ2v) is 5.77. The summed E-state index contributed by atoms with van der Waals surface area (Å²) >= 11 is 0. The highest BCUT2D eigenvalue weighted by atomic mass is 16.1. The molecule has 0 aliphatic heterocycles. The van der Waals surface area contributed by atoms with Crippen LogP contribution in [0.2, 0.25) is 0 Å². The molecule has 0 aromatic rings. The van der Waals surface area contributed by atoms with E-state index in [1.54, 1.807) is 0 Å². The molecule has 3 atom stereocenters.